The van der Waals surface area contributed by atoms with Crippen LogP contribution < -0.4 is 10.1 Å². The van der Waals surface area contributed by atoms with E-state index < -0.39 is 11.7 Å². The zero-order valence-electron chi connectivity index (χ0n) is 11.2. The minimum absolute atomic E-state index is 0.380. The second kappa shape index (κ2) is 6.39. The van der Waals surface area contributed by atoms with E-state index in [4.69, 9.17) is 4.74 Å². The third-order valence-corrected chi connectivity index (χ3v) is 3.59. The van der Waals surface area contributed by atoms with Crippen molar-refractivity contribution in [2.24, 2.45) is 0 Å². The van der Waals surface area contributed by atoms with E-state index in [1.807, 2.05) is 24.3 Å². The smallest absolute Gasteiger partial charge is 0.416 e. The third-order valence-electron chi connectivity index (χ3n) is 2.94. The Kier molecular flexibility index (Phi) is 4.77. The van der Waals surface area contributed by atoms with Gasteiger partial charge in [-0.05, 0) is 51.8 Å². The lowest BCUT2D eigenvalue weighted by Gasteiger charge is -2.12. The van der Waals surface area contributed by atoms with Crippen molar-refractivity contribution in [1.29, 1.82) is 0 Å². The van der Waals surface area contributed by atoms with Crippen LogP contribution in [0, 0.1) is 0 Å². The van der Waals surface area contributed by atoms with Gasteiger partial charge in [-0.3, -0.25) is 0 Å². The molecule has 2 aromatic rings. The van der Waals surface area contributed by atoms with Gasteiger partial charge < -0.3 is 10.1 Å². The molecule has 0 spiro atoms. The number of rotatable bonds is 4. The molecule has 0 fully saturated rings. The predicted molar refractivity (Wildman–Crippen MR) is 79.5 cm³/mol. The summed E-state index contributed by atoms with van der Waals surface area (Å²) >= 11 is 3.15. The molecular formula is C15H13BrF3NO. The Balaban J connectivity index is 2.06. The molecule has 0 aromatic heterocycles. The summed E-state index contributed by atoms with van der Waals surface area (Å²) in [5, 5.41) is 3.09. The van der Waals surface area contributed by atoms with E-state index >= 15 is 0 Å². The first-order valence-electron chi connectivity index (χ1n) is 6.13. The zero-order valence-corrected chi connectivity index (χ0v) is 12.8. The van der Waals surface area contributed by atoms with Gasteiger partial charge in [0.05, 0.1) is 12.7 Å². The minimum Gasteiger partial charge on any atom is -0.497 e. The Morgan fingerprint density at radius 2 is 1.76 bits per heavy atom. The van der Waals surface area contributed by atoms with Gasteiger partial charge in [0.25, 0.3) is 0 Å². The van der Waals surface area contributed by atoms with Crippen molar-refractivity contribution in [2.75, 3.05) is 12.4 Å². The molecule has 0 aliphatic heterocycles. The third kappa shape index (κ3) is 4.14. The van der Waals surface area contributed by atoms with E-state index in [9.17, 15) is 13.2 Å². The minimum atomic E-state index is -4.34. The second-order valence-corrected chi connectivity index (χ2v) is 5.25. The molecule has 0 amide bonds. The van der Waals surface area contributed by atoms with Gasteiger partial charge in [0.1, 0.15) is 5.75 Å². The van der Waals surface area contributed by atoms with Crippen molar-refractivity contribution in [3.63, 3.8) is 0 Å². The quantitative estimate of drug-likeness (QED) is 0.820. The van der Waals surface area contributed by atoms with Crippen molar-refractivity contribution >= 4 is 21.6 Å². The average Bonchev–Trinajstić information content (AvgIpc) is 2.45. The molecule has 1 N–H and O–H groups in total. The Morgan fingerprint density at radius 3 is 2.29 bits per heavy atom. The van der Waals surface area contributed by atoms with Crippen molar-refractivity contribution in [1.82, 2.24) is 0 Å². The van der Waals surface area contributed by atoms with Crippen LogP contribution in [0.3, 0.4) is 0 Å². The van der Waals surface area contributed by atoms with Crippen LogP contribution in [0.1, 0.15) is 11.1 Å². The molecular weight excluding hydrogens is 347 g/mol. The summed E-state index contributed by atoms with van der Waals surface area (Å²) in [6, 6.07) is 11.0. The summed E-state index contributed by atoms with van der Waals surface area (Å²) < 4.78 is 43.1. The molecule has 0 unspecified atom stereocenters. The van der Waals surface area contributed by atoms with Crippen molar-refractivity contribution in [3.8, 4) is 5.75 Å². The highest BCUT2D eigenvalue weighted by atomic mass is 79.9. The Hall–Kier alpha value is -1.69. The van der Waals surface area contributed by atoms with Gasteiger partial charge >= 0.3 is 6.18 Å². The molecule has 0 saturated heterocycles. The fraction of sp³-hybridized carbons (Fsp3) is 0.200. The summed E-state index contributed by atoms with van der Waals surface area (Å²) in [4.78, 5) is 0. The summed E-state index contributed by atoms with van der Waals surface area (Å²) in [7, 11) is 1.59. The number of ether oxygens (including phenoxy) is 1. The van der Waals surface area contributed by atoms with E-state index in [2.05, 4.69) is 21.2 Å². The number of benzene rings is 2. The van der Waals surface area contributed by atoms with Gasteiger partial charge in [0, 0.05) is 16.7 Å². The van der Waals surface area contributed by atoms with Crippen LogP contribution in [-0.4, -0.2) is 7.11 Å². The van der Waals surface area contributed by atoms with Gasteiger partial charge in [-0.1, -0.05) is 12.1 Å². The SMILES string of the molecule is COc1ccc(CNc2ccc(C(F)(F)F)cc2Br)cc1. The second-order valence-electron chi connectivity index (χ2n) is 4.39. The van der Waals surface area contributed by atoms with Gasteiger partial charge in [0.2, 0.25) is 0 Å². The fourth-order valence-electron chi connectivity index (χ4n) is 1.78. The Bertz CT molecular complexity index is 611. The summed E-state index contributed by atoms with van der Waals surface area (Å²) in [6.45, 7) is 0.508. The summed E-state index contributed by atoms with van der Waals surface area (Å²) in [5.74, 6) is 0.759. The lowest BCUT2D eigenvalue weighted by molar-refractivity contribution is -0.137. The fourth-order valence-corrected chi connectivity index (χ4v) is 2.29. The van der Waals surface area contributed by atoms with Gasteiger partial charge in [-0.25, -0.2) is 0 Å². The van der Waals surface area contributed by atoms with Crippen LogP contribution >= 0.6 is 15.9 Å². The molecule has 6 heteroatoms. The monoisotopic (exact) mass is 359 g/mol. The van der Waals surface area contributed by atoms with Crippen LogP contribution in [0.25, 0.3) is 0 Å². The lowest BCUT2D eigenvalue weighted by Crippen LogP contribution is -2.06. The molecule has 2 rings (SSSR count). The van der Waals surface area contributed by atoms with Crippen molar-refractivity contribution < 1.29 is 17.9 Å². The highest BCUT2D eigenvalue weighted by Crippen LogP contribution is 2.34. The molecule has 0 aliphatic rings. The van der Waals surface area contributed by atoms with Gasteiger partial charge in [-0.2, -0.15) is 13.2 Å². The van der Waals surface area contributed by atoms with Crippen LogP contribution in [0.4, 0.5) is 18.9 Å². The highest BCUT2D eigenvalue weighted by molar-refractivity contribution is 9.10. The molecule has 0 saturated carbocycles. The Morgan fingerprint density at radius 1 is 1.10 bits per heavy atom. The number of hydrogen-bond donors (Lipinski definition) is 1. The van der Waals surface area contributed by atoms with Crippen LogP contribution in [-0.2, 0) is 12.7 Å². The summed E-state index contributed by atoms with van der Waals surface area (Å²) in [6.07, 6.45) is -4.34. The number of anilines is 1. The number of methoxy groups -OCH3 is 1. The van der Waals surface area contributed by atoms with E-state index in [0.29, 0.717) is 16.7 Å². The maximum Gasteiger partial charge on any atom is 0.416 e. The molecule has 21 heavy (non-hydrogen) atoms. The maximum absolute atomic E-state index is 12.6. The topological polar surface area (TPSA) is 21.3 Å². The molecule has 0 bridgehead atoms. The van der Waals surface area contributed by atoms with E-state index in [0.717, 1.165) is 23.4 Å². The maximum atomic E-state index is 12.6. The first-order chi connectivity index (χ1) is 9.90. The first-order valence-corrected chi connectivity index (χ1v) is 6.93. The number of nitrogens with one attached hydrogen (secondary N) is 1. The summed E-state index contributed by atoms with van der Waals surface area (Å²) in [5.41, 5.74) is 0.936. The van der Waals surface area contributed by atoms with E-state index in [1.165, 1.54) is 6.07 Å². The predicted octanol–water partition coefficient (Wildman–Crippen LogP) is 5.09. The van der Waals surface area contributed by atoms with E-state index in [1.54, 1.807) is 7.11 Å². The number of halogens is 4. The normalized spacial score (nSPS) is 11.3. The molecule has 0 atom stereocenters. The molecule has 0 heterocycles. The largest absolute Gasteiger partial charge is 0.497 e. The highest BCUT2D eigenvalue weighted by Gasteiger charge is 2.30. The van der Waals surface area contributed by atoms with Crippen LogP contribution in [0.2, 0.25) is 0 Å². The number of alkyl halides is 3. The molecule has 0 aliphatic carbocycles. The molecule has 112 valence electrons. The average molecular weight is 360 g/mol. The van der Waals surface area contributed by atoms with E-state index in [-0.39, 0.29) is 0 Å². The Labute approximate surface area is 129 Å². The first kappa shape index (κ1) is 15.7. The van der Waals surface area contributed by atoms with Gasteiger partial charge in [-0.15, -0.1) is 0 Å². The zero-order chi connectivity index (χ0) is 15.5. The lowest BCUT2D eigenvalue weighted by atomic mass is 10.2. The standard InChI is InChI=1S/C15H13BrF3NO/c1-21-12-5-2-10(3-6-12)9-20-14-7-4-11(8-13(14)16)15(17,18)19/h2-8,20H,9H2,1H3. The van der Waals surface area contributed by atoms with Gasteiger partial charge in [0.15, 0.2) is 0 Å². The molecule has 2 aromatic carbocycles. The molecule has 2 nitrogen and oxygen atoms in total. The van der Waals surface area contributed by atoms with Crippen LogP contribution in [0.15, 0.2) is 46.9 Å². The molecule has 0 radical (unpaired) electrons. The van der Waals surface area contributed by atoms with Crippen molar-refractivity contribution in [2.45, 2.75) is 12.7 Å². The number of hydrogen-bond acceptors (Lipinski definition) is 2. The van der Waals surface area contributed by atoms with Crippen molar-refractivity contribution in [3.05, 3.63) is 58.1 Å². The van der Waals surface area contributed by atoms with Crippen LogP contribution in [0.5, 0.6) is 5.75 Å².